The minimum Gasteiger partial charge on any atom is -0.309 e. The quantitative estimate of drug-likeness (QED) is 0.204. The zero-order valence-corrected chi connectivity index (χ0v) is 21.9. The van der Waals surface area contributed by atoms with Gasteiger partial charge in [0.2, 0.25) is 0 Å². The molecule has 41 heavy (non-hydrogen) atoms. The number of benzene rings is 4. The highest BCUT2D eigenvalue weighted by atomic mass is 15.0. The first-order valence-corrected chi connectivity index (χ1v) is 13.9. The van der Waals surface area contributed by atoms with Gasteiger partial charge in [0.05, 0.1) is 40.0 Å². The van der Waals surface area contributed by atoms with Crippen molar-refractivity contribution in [1.82, 2.24) is 23.9 Å². The highest BCUT2D eigenvalue weighted by molar-refractivity contribution is 6.28. The summed E-state index contributed by atoms with van der Waals surface area (Å²) in [5, 5.41) is 5.98. The van der Waals surface area contributed by atoms with Crippen molar-refractivity contribution in [3.8, 4) is 16.8 Å². The number of rotatable bonds is 1. The molecule has 1 aliphatic carbocycles. The Hall–Kier alpha value is -5.55. The molecule has 0 radical (unpaired) electrons. The van der Waals surface area contributed by atoms with E-state index < -0.39 is 0 Å². The van der Waals surface area contributed by atoms with Crippen molar-refractivity contribution < 1.29 is 0 Å². The van der Waals surface area contributed by atoms with Crippen LogP contribution in [0.3, 0.4) is 0 Å². The third-order valence-electron chi connectivity index (χ3n) is 8.86. The number of hydrogen-bond donors (Lipinski definition) is 0. The maximum Gasteiger partial charge on any atom is 0.146 e. The topological polar surface area (TPSA) is 48.0 Å². The van der Waals surface area contributed by atoms with Gasteiger partial charge in [-0.15, -0.1) is 0 Å². The van der Waals surface area contributed by atoms with E-state index in [1.54, 1.807) is 6.20 Å². The molecule has 0 fully saturated rings. The number of pyridine rings is 3. The fourth-order valence-corrected chi connectivity index (χ4v) is 7.16. The van der Waals surface area contributed by atoms with Crippen molar-refractivity contribution in [3.05, 3.63) is 127 Å². The summed E-state index contributed by atoms with van der Waals surface area (Å²) in [6, 6.07) is 33.0. The predicted molar refractivity (Wildman–Crippen MR) is 166 cm³/mol. The number of aromatic nitrogens is 5. The normalized spacial score (nSPS) is 12.8. The molecule has 5 heteroatoms. The van der Waals surface area contributed by atoms with E-state index in [9.17, 15) is 0 Å². The van der Waals surface area contributed by atoms with Gasteiger partial charge in [-0.1, -0.05) is 48.5 Å². The Morgan fingerprint density at radius 1 is 0.585 bits per heavy atom. The van der Waals surface area contributed by atoms with Gasteiger partial charge in [-0.25, -0.2) is 4.98 Å². The Morgan fingerprint density at radius 2 is 1.39 bits per heavy atom. The number of imidazole rings is 1. The second-order valence-electron chi connectivity index (χ2n) is 10.9. The summed E-state index contributed by atoms with van der Waals surface area (Å²) in [5.41, 5.74) is 12.9. The van der Waals surface area contributed by atoms with Crippen LogP contribution in [0.4, 0.5) is 0 Å². The van der Waals surface area contributed by atoms with Gasteiger partial charge in [0, 0.05) is 45.0 Å². The van der Waals surface area contributed by atoms with Gasteiger partial charge < -0.3 is 4.57 Å². The lowest BCUT2D eigenvalue weighted by Gasteiger charge is -2.13. The average Bonchev–Trinajstić information content (AvgIpc) is 3.70. The van der Waals surface area contributed by atoms with Crippen LogP contribution in [0, 0.1) is 0 Å². The molecule has 10 rings (SSSR count). The molecule has 5 nitrogen and oxygen atoms in total. The lowest BCUT2D eigenvalue weighted by Crippen LogP contribution is -1.97. The Labute approximate surface area is 234 Å². The molecule has 4 aromatic carbocycles. The molecular formula is C36H21N5. The summed E-state index contributed by atoms with van der Waals surface area (Å²) in [6.07, 6.45) is 8.52. The van der Waals surface area contributed by atoms with Crippen LogP contribution in [0.25, 0.3) is 77.0 Å². The van der Waals surface area contributed by atoms with E-state index >= 15 is 0 Å². The fraction of sp³-hybridized carbons (Fsp3) is 0.0278. The van der Waals surface area contributed by atoms with E-state index in [1.807, 2.05) is 24.7 Å². The van der Waals surface area contributed by atoms with Crippen LogP contribution in [-0.4, -0.2) is 23.9 Å². The van der Waals surface area contributed by atoms with Crippen LogP contribution in [0.5, 0.6) is 0 Å². The smallest absolute Gasteiger partial charge is 0.146 e. The Balaban J connectivity index is 1.47. The van der Waals surface area contributed by atoms with Crippen LogP contribution in [-0.2, 0) is 6.42 Å². The molecule has 0 unspecified atom stereocenters. The SMILES string of the molecule is c1ccc(-n2c3cc4c(cc3c3ccc5c(c6ccncc6n6c7cnccc7nc56)c32)Cc2ccccc2-4)cc1. The standard InChI is InChI=1S/C36H21N5/c1-2-7-23(8-3-1)40-31-18-28-22(16-21-6-4-5-9-24(21)28)17-29(31)25-10-11-27-34(35(25)40)26-12-14-37-19-32(26)41-33-20-38-15-13-30(33)39-36(27)41/h1-15,17-20H,16H2. The van der Waals surface area contributed by atoms with E-state index in [-0.39, 0.29) is 0 Å². The molecule has 0 saturated carbocycles. The lowest BCUT2D eigenvalue weighted by molar-refractivity contribution is 1.18. The summed E-state index contributed by atoms with van der Waals surface area (Å²) in [6.45, 7) is 0. The average molecular weight is 524 g/mol. The van der Waals surface area contributed by atoms with Crippen LogP contribution in [0.2, 0.25) is 0 Å². The monoisotopic (exact) mass is 523 g/mol. The third kappa shape index (κ3) is 2.68. The van der Waals surface area contributed by atoms with E-state index in [0.717, 1.165) is 45.1 Å². The van der Waals surface area contributed by atoms with Crippen molar-refractivity contribution in [2.24, 2.45) is 0 Å². The molecule has 0 spiro atoms. The zero-order chi connectivity index (χ0) is 26.7. The van der Waals surface area contributed by atoms with Crippen LogP contribution in [0.15, 0.2) is 116 Å². The van der Waals surface area contributed by atoms with Crippen molar-refractivity contribution in [2.45, 2.75) is 6.42 Å². The maximum absolute atomic E-state index is 5.12. The third-order valence-corrected chi connectivity index (χ3v) is 8.86. The first-order valence-electron chi connectivity index (χ1n) is 13.9. The summed E-state index contributed by atoms with van der Waals surface area (Å²) in [5.74, 6) is 0. The largest absolute Gasteiger partial charge is 0.309 e. The highest BCUT2D eigenvalue weighted by Gasteiger charge is 2.24. The second kappa shape index (κ2) is 7.55. The fourth-order valence-electron chi connectivity index (χ4n) is 7.16. The molecule has 0 amide bonds. The Bertz CT molecular complexity index is 2550. The Kier molecular flexibility index (Phi) is 3.92. The van der Waals surface area contributed by atoms with E-state index in [1.165, 1.54) is 49.4 Å². The summed E-state index contributed by atoms with van der Waals surface area (Å²) in [7, 11) is 0. The molecule has 0 bridgehead atoms. The molecule has 190 valence electrons. The molecular weight excluding hydrogens is 502 g/mol. The molecule has 5 heterocycles. The van der Waals surface area contributed by atoms with Gasteiger partial charge >= 0.3 is 0 Å². The van der Waals surface area contributed by atoms with Gasteiger partial charge in [-0.05, 0) is 71.1 Å². The second-order valence-corrected chi connectivity index (χ2v) is 10.9. The van der Waals surface area contributed by atoms with Crippen LogP contribution >= 0.6 is 0 Å². The van der Waals surface area contributed by atoms with Crippen molar-refractivity contribution in [3.63, 3.8) is 0 Å². The highest BCUT2D eigenvalue weighted by Crippen LogP contribution is 2.45. The van der Waals surface area contributed by atoms with Crippen LogP contribution in [0.1, 0.15) is 11.1 Å². The molecule has 0 saturated heterocycles. The number of hydrogen-bond acceptors (Lipinski definition) is 3. The first-order chi connectivity index (χ1) is 20.3. The summed E-state index contributed by atoms with van der Waals surface area (Å²) < 4.78 is 4.66. The van der Waals surface area contributed by atoms with Gasteiger partial charge in [-0.2, -0.15) is 0 Å². The maximum atomic E-state index is 5.12. The van der Waals surface area contributed by atoms with Crippen molar-refractivity contribution >= 4 is 60.2 Å². The number of para-hydroxylation sites is 1. The predicted octanol–water partition coefficient (Wildman–Crippen LogP) is 8.25. The zero-order valence-electron chi connectivity index (χ0n) is 21.9. The van der Waals surface area contributed by atoms with E-state index in [4.69, 9.17) is 4.98 Å². The van der Waals surface area contributed by atoms with Gasteiger partial charge in [0.15, 0.2) is 0 Å². The Morgan fingerprint density at radius 3 is 2.32 bits per heavy atom. The van der Waals surface area contributed by atoms with Crippen molar-refractivity contribution in [2.75, 3.05) is 0 Å². The minimum absolute atomic E-state index is 0.923. The molecule has 1 aliphatic rings. The van der Waals surface area contributed by atoms with Gasteiger partial charge in [0.25, 0.3) is 0 Å². The molecule has 5 aromatic heterocycles. The van der Waals surface area contributed by atoms with Crippen LogP contribution < -0.4 is 0 Å². The number of nitrogens with zero attached hydrogens (tertiary/aromatic N) is 5. The summed E-state index contributed by atoms with van der Waals surface area (Å²) in [4.78, 5) is 14.1. The molecule has 0 aliphatic heterocycles. The van der Waals surface area contributed by atoms with E-state index in [0.29, 0.717) is 0 Å². The lowest BCUT2D eigenvalue weighted by atomic mass is 10.0. The van der Waals surface area contributed by atoms with Crippen molar-refractivity contribution in [1.29, 1.82) is 0 Å². The minimum atomic E-state index is 0.923. The molecule has 9 aromatic rings. The van der Waals surface area contributed by atoms with E-state index in [2.05, 4.69) is 104 Å². The van der Waals surface area contributed by atoms with Gasteiger partial charge in [0.1, 0.15) is 5.65 Å². The summed E-state index contributed by atoms with van der Waals surface area (Å²) >= 11 is 0. The molecule has 0 N–H and O–H groups in total. The molecule has 0 atom stereocenters. The number of fused-ring (bicyclic) bond motifs is 15. The van der Waals surface area contributed by atoms with Gasteiger partial charge in [-0.3, -0.25) is 14.4 Å². The first kappa shape index (κ1) is 21.3.